The average molecular weight is 316 g/mol. The van der Waals surface area contributed by atoms with E-state index in [0.29, 0.717) is 37.6 Å². The van der Waals surface area contributed by atoms with Gasteiger partial charge in [0.1, 0.15) is 17.0 Å². The van der Waals surface area contributed by atoms with Gasteiger partial charge in [-0.15, -0.1) is 0 Å². The highest BCUT2D eigenvalue weighted by Crippen LogP contribution is 2.29. The number of nitrogens with one attached hydrogen (secondary N) is 1. The summed E-state index contributed by atoms with van der Waals surface area (Å²) in [5, 5.41) is 10.3. The van der Waals surface area contributed by atoms with Crippen LogP contribution in [0.25, 0.3) is 0 Å². The molecule has 1 aromatic heterocycles. The number of urea groups is 1. The van der Waals surface area contributed by atoms with Crippen LogP contribution >= 0.6 is 0 Å². The third-order valence-electron chi connectivity index (χ3n) is 4.10. The molecule has 0 spiro atoms. The van der Waals surface area contributed by atoms with E-state index < -0.39 is 5.60 Å². The smallest absolute Gasteiger partial charge is 0.317 e. The Morgan fingerprint density at radius 1 is 1.35 bits per heavy atom. The molecular formula is C16H20N4O3. The third-order valence-corrected chi connectivity index (χ3v) is 4.10. The number of benzene rings is 1. The Balaban J connectivity index is 1.64. The van der Waals surface area contributed by atoms with Gasteiger partial charge in [0.15, 0.2) is 0 Å². The number of carbonyl (C=O) groups excluding carboxylic acids is 1. The van der Waals surface area contributed by atoms with Gasteiger partial charge in [0.2, 0.25) is 0 Å². The van der Waals surface area contributed by atoms with E-state index in [4.69, 9.17) is 4.74 Å². The van der Waals surface area contributed by atoms with Crippen LogP contribution in [0.4, 0.5) is 4.79 Å². The molecule has 1 aromatic carbocycles. The van der Waals surface area contributed by atoms with Crippen LogP contribution in [-0.4, -0.2) is 40.9 Å². The fraction of sp³-hybridized carbons (Fsp3) is 0.438. The van der Waals surface area contributed by atoms with Gasteiger partial charge in [0, 0.05) is 6.54 Å². The van der Waals surface area contributed by atoms with Crippen LogP contribution in [0.2, 0.25) is 0 Å². The molecule has 1 saturated heterocycles. The minimum absolute atomic E-state index is 0.141. The zero-order valence-electron chi connectivity index (χ0n) is 13.3. The van der Waals surface area contributed by atoms with Crippen molar-refractivity contribution in [1.29, 1.82) is 0 Å². The van der Waals surface area contributed by atoms with Gasteiger partial charge in [-0.25, -0.2) is 9.42 Å². The zero-order chi connectivity index (χ0) is 16.3. The second-order valence-electron chi connectivity index (χ2n) is 5.82. The summed E-state index contributed by atoms with van der Waals surface area (Å²) in [7, 11) is 0. The number of ether oxygens (including phenoxy) is 1. The standard InChI is InChI=1S/C16H20N4O3/c1-12-14(19-23-18-12)10-17-15(21)20-8-9-22-16(2,11-20)13-6-4-3-5-7-13/h3-7H,8-11H2,1-2H3,(H,17,21). The van der Waals surface area contributed by atoms with E-state index in [-0.39, 0.29) is 6.03 Å². The number of amides is 2. The molecule has 0 aliphatic carbocycles. The van der Waals surface area contributed by atoms with Gasteiger partial charge < -0.3 is 15.0 Å². The molecule has 1 atom stereocenters. The van der Waals surface area contributed by atoms with Crippen molar-refractivity contribution in [3.63, 3.8) is 0 Å². The quantitative estimate of drug-likeness (QED) is 0.934. The highest BCUT2D eigenvalue weighted by Gasteiger charge is 2.35. The number of aryl methyl sites for hydroxylation is 1. The third kappa shape index (κ3) is 3.34. The lowest BCUT2D eigenvalue weighted by atomic mass is 9.94. The summed E-state index contributed by atoms with van der Waals surface area (Å²) in [5.74, 6) is 0. The molecule has 7 heteroatoms. The van der Waals surface area contributed by atoms with Crippen LogP contribution in [0.5, 0.6) is 0 Å². The number of carbonyl (C=O) groups is 1. The second kappa shape index (κ2) is 6.37. The van der Waals surface area contributed by atoms with Crippen LogP contribution in [0.3, 0.4) is 0 Å². The summed E-state index contributed by atoms with van der Waals surface area (Å²) in [4.78, 5) is 14.2. The molecular weight excluding hydrogens is 296 g/mol. The lowest BCUT2D eigenvalue weighted by molar-refractivity contribution is -0.0906. The van der Waals surface area contributed by atoms with E-state index in [1.54, 1.807) is 11.8 Å². The van der Waals surface area contributed by atoms with Gasteiger partial charge in [0.25, 0.3) is 0 Å². The Morgan fingerprint density at radius 3 is 2.83 bits per heavy atom. The van der Waals surface area contributed by atoms with Crippen molar-refractivity contribution in [3.8, 4) is 0 Å². The van der Waals surface area contributed by atoms with E-state index in [1.807, 2.05) is 37.3 Å². The van der Waals surface area contributed by atoms with Crippen molar-refractivity contribution in [2.75, 3.05) is 19.7 Å². The maximum absolute atomic E-state index is 12.4. The summed E-state index contributed by atoms with van der Waals surface area (Å²) >= 11 is 0. The lowest BCUT2D eigenvalue weighted by Crippen LogP contribution is -2.53. The van der Waals surface area contributed by atoms with Crippen molar-refractivity contribution in [2.24, 2.45) is 0 Å². The molecule has 2 amide bonds. The molecule has 3 rings (SSSR count). The Bertz CT molecular complexity index is 673. The first-order chi connectivity index (χ1) is 11.1. The van der Waals surface area contributed by atoms with E-state index in [1.165, 1.54) is 0 Å². The second-order valence-corrected chi connectivity index (χ2v) is 5.82. The molecule has 1 aliphatic heterocycles. The highest BCUT2D eigenvalue weighted by molar-refractivity contribution is 5.74. The molecule has 0 radical (unpaired) electrons. The maximum atomic E-state index is 12.4. The molecule has 23 heavy (non-hydrogen) atoms. The Labute approximate surface area is 134 Å². The first-order valence-corrected chi connectivity index (χ1v) is 7.59. The van der Waals surface area contributed by atoms with Crippen LogP contribution in [0, 0.1) is 6.92 Å². The van der Waals surface area contributed by atoms with Crippen molar-refractivity contribution in [1.82, 2.24) is 20.5 Å². The van der Waals surface area contributed by atoms with E-state index >= 15 is 0 Å². The average Bonchev–Trinajstić information content (AvgIpc) is 2.98. The van der Waals surface area contributed by atoms with E-state index in [0.717, 1.165) is 5.56 Å². The van der Waals surface area contributed by atoms with Gasteiger partial charge in [-0.3, -0.25) is 0 Å². The van der Waals surface area contributed by atoms with Gasteiger partial charge in [-0.1, -0.05) is 40.6 Å². The monoisotopic (exact) mass is 316 g/mol. The van der Waals surface area contributed by atoms with Gasteiger partial charge >= 0.3 is 6.03 Å². The minimum Gasteiger partial charge on any atom is -0.367 e. The van der Waals surface area contributed by atoms with Gasteiger partial charge in [-0.05, 0) is 19.4 Å². The van der Waals surface area contributed by atoms with Crippen LogP contribution < -0.4 is 5.32 Å². The number of rotatable bonds is 3. The normalized spacial score (nSPS) is 21.2. The summed E-state index contributed by atoms with van der Waals surface area (Å²) in [6, 6.07) is 9.82. The van der Waals surface area contributed by atoms with Gasteiger partial charge in [0.05, 0.1) is 19.7 Å². The predicted octanol–water partition coefficient (Wildman–Crippen LogP) is 1.84. The number of morpholine rings is 1. The Kier molecular flexibility index (Phi) is 4.29. The Morgan fingerprint density at radius 2 is 2.13 bits per heavy atom. The number of hydrogen-bond acceptors (Lipinski definition) is 5. The molecule has 1 fully saturated rings. The molecule has 2 aromatic rings. The predicted molar refractivity (Wildman–Crippen MR) is 82.6 cm³/mol. The number of hydrogen-bond donors (Lipinski definition) is 1. The van der Waals surface area contributed by atoms with E-state index in [2.05, 4.69) is 20.3 Å². The lowest BCUT2D eigenvalue weighted by Gasteiger charge is -2.40. The first-order valence-electron chi connectivity index (χ1n) is 7.59. The summed E-state index contributed by atoms with van der Waals surface area (Å²) in [6.45, 7) is 5.66. The van der Waals surface area contributed by atoms with Crippen molar-refractivity contribution < 1.29 is 14.2 Å². The summed E-state index contributed by atoms with van der Waals surface area (Å²) in [5.41, 5.74) is 1.88. The summed E-state index contributed by atoms with van der Waals surface area (Å²) < 4.78 is 10.6. The molecule has 1 N–H and O–H groups in total. The minimum atomic E-state index is -0.498. The number of aromatic nitrogens is 2. The fourth-order valence-electron chi connectivity index (χ4n) is 2.69. The van der Waals surface area contributed by atoms with Crippen molar-refractivity contribution in [2.45, 2.75) is 26.0 Å². The fourth-order valence-corrected chi connectivity index (χ4v) is 2.69. The molecule has 0 saturated carbocycles. The van der Waals surface area contributed by atoms with Crippen LogP contribution in [0.1, 0.15) is 23.9 Å². The number of nitrogens with zero attached hydrogens (tertiary/aromatic N) is 3. The zero-order valence-corrected chi connectivity index (χ0v) is 13.3. The molecule has 0 bridgehead atoms. The topological polar surface area (TPSA) is 80.5 Å². The van der Waals surface area contributed by atoms with Crippen molar-refractivity contribution in [3.05, 3.63) is 47.3 Å². The van der Waals surface area contributed by atoms with Crippen LogP contribution in [-0.2, 0) is 16.9 Å². The molecule has 1 aliphatic rings. The summed E-state index contributed by atoms with van der Waals surface area (Å²) in [6.07, 6.45) is 0. The first kappa shape index (κ1) is 15.5. The van der Waals surface area contributed by atoms with Crippen molar-refractivity contribution >= 4 is 6.03 Å². The molecule has 7 nitrogen and oxygen atoms in total. The Hall–Kier alpha value is -2.41. The van der Waals surface area contributed by atoms with Crippen LogP contribution in [0.15, 0.2) is 35.0 Å². The largest absolute Gasteiger partial charge is 0.367 e. The van der Waals surface area contributed by atoms with Gasteiger partial charge in [-0.2, -0.15) is 0 Å². The maximum Gasteiger partial charge on any atom is 0.317 e. The SMILES string of the molecule is Cc1nonc1CNC(=O)N1CCOC(C)(c2ccccc2)C1. The molecule has 122 valence electrons. The molecule has 1 unspecified atom stereocenters. The molecule has 2 heterocycles. The van der Waals surface area contributed by atoms with E-state index in [9.17, 15) is 4.79 Å². The highest BCUT2D eigenvalue weighted by atomic mass is 16.6.